The third-order valence-corrected chi connectivity index (χ3v) is 6.24. The van der Waals surface area contributed by atoms with E-state index in [1.165, 1.54) is 5.56 Å². The number of aromatic nitrogens is 1. The van der Waals surface area contributed by atoms with Crippen LogP contribution in [0.25, 0.3) is 10.9 Å². The lowest BCUT2D eigenvalue weighted by Gasteiger charge is -2.28. The monoisotopic (exact) mass is 426 g/mol. The Morgan fingerprint density at radius 3 is 2.71 bits per heavy atom. The van der Waals surface area contributed by atoms with Gasteiger partial charge in [-0.3, -0.25) is 0 Å². The molecule has 0 spiro atoms. The van der Waals surface area contributed by atoms with Gasteiger partial charge in [-0.15, -0.1) is 0 Å². The molecule has 1 fully saturated rings. The fourth-order valence-corrected chi connectivity index (χ4v) is 4.62. The van der Waals surface area contributed by atoms with Gasteiger partial charge in [0.05, 0.1) is 5.52 Å². The van der Waals surface area contributed by atoms with Crippen LogP contribution in [0.15, 0.2) is 47.6 Å². The number of fused-ring (bicyclic) bond motifs is 1. The van der Waals surface area contributed by atoms with Gasteiger partial charge >= 0.3 is 0 Å². The van der Waals surface area contributed by atoms with Crippen LogP contribution in [0.4, 0.5) is 20.3 Å². The number of hydrogen-bond donors (Lipinski definition) is 1. The quantitative estimate of drug-likeness (QED) is 0.742. The van der Waals surface area contributed by atoms with E-state index in [9.17, 15) is 8.78 Å². The minimum Gasteiger partial charge on any atom is -0.370 e. The lowest BCUT2D eigenvalue weighted by Crippen LogP contribution is -2.30. The maximum absolute atomic E-state index is 14.8. The van der Waals surface area contributed by atoms with E-state index in [1.54, 1.807) is 19.1 Å². The molecule has 0 saturated carbocycles. The van der Waals surface area contributed by atoms with Crippen molar-refractivity contribution < 1.29 is 8.78 Å². The number of alkyl halides is 2. The van der Waals surface area contributed by atoms with Gasteiger partial charge in [0, 0.05) is 61.9 Å². The lowest BCUT2D eigenvalue weighted by atomic mass is 10.0. The van der Waals surface area contributed by atoms with E-state index in [-0.39, 0.29) is 18.5 Å². The van der Waals surface area contributed by atoms with Crippen molar-refractivity contribution in [1.82, 2.24) is 10.3 Å². The molecule has 1 N–H and O–H groups in total. The molecule has 1 aromatic carbocycles. The summed E-state index contributed by atoms with van der Waals surface area (Å²) in [5.41, 5.74) is 4.11. The summed E-state index contributed by atoms with van der Waals surface area (Å²) in [6.07, 6.45) is 4.13. The number of nitrogens with one attached hydrogen (secondary N) is 1. The first-order valence-corrected chi connectivity index (χ1v) is 11.2. The molecular weight excluding hydrogens is 394 g/mol. The topological polar surface area (TPSA) is 31.4 Å². The summed E-state index contributed by atoms with van der Waals surface area (Å²) in [5, 5.41) is 4.59. The Balaban J connectivity index is 1.78. The summed E-state index contributed by atoms with van der Waals surface area (Å²) < 4.78 is 29.6. The van der Waals surface area contributed by atoms with E-state index in [1.807, 2.05) is 17.9 Å². The zero-order valence-electron chi connectivity index (χ0n) is 18.7. The largest absolute Gasteiger partial charge is 0.370 e. The molecule has 166 valence electrons. The van der Waals surface area contributed by atoms with Crippen LogP contribution >= 0.6 is 0 Å². The summed E-state index contributed by atoms with van der Waals surface area (Å²) >= 11 is 0. The summed E-state index contributed by atoms with van der Waals surface area (Å²) in [5.74, 6) is -2.04. The van der Waals surface area contributed by atoms with E-state index < -0.39 is 5.92 Å². The molecule has 6 heteroatoms. The highest BCUT2D eigenvalue weighted by Crippen LogP contribution is 2.37. The zero-order valence-corrected chi connectivity index (χ0v) is 18.7. The molecule has 0 unspecified atom stereocenters. The van der Waals surface area contributed by atoms with Gasteiger partial charge in [-0.2, -0.15) is 0 Å². The Bertz CT molecular complexity index is 1000. The fourth-order valence-electron chi connectivity index (χ4n) is 4.62. The molecule has 4 rings (SSSR count). The Morgan fingerprint density at radius 1 is 1.06 bits per heavy atom. The number of hydrogen-bond acceptors (Lipinski definition) is 4. The number of halogens is 2. The molecule has 0 aliphatic carbocycles. The normalized spacial score (nSPS) is 20.4. The van der Waals surface area contributed by atoms with Crippen molar-refractivity contribution >= 4 is 22.4 Å². The third kappa shape index (κ3) is 4.59. The molecule has 0 bridgehead atoms. The van der Waals surface area contributed by atoms with Crippen LogP contribution in [0, 0.1) is 6.92 Å². The van der Waals surface area contributed by atoms with E-state index >= 15 is 0 Å². The molecule has 4 nitrogen and oxygen atoms in total. The van der Waals surface area contributed by atoms with Gasteiger partial charge in [0.15, 0.2) is 0 Å². The van der Waals surface area contributed by atoms with E-state index in [2.05, 4.69) is 35.3 Å². The fraction of sp³-hybridized carbons (Fsp3) is 0.480. The van der Waals surface area contributed by atoms with Crippen molar-refractivity contribution in [3.63, 3.8) is 0 Å². The number of nitrogens with zero attached hydrogens (tertiary/aromatic N) is 3. The van der Waals surface area contributed by atoms with Crippen LogP contribution in [0.3, 0.4) is 0 Å². The second-order valence-electron chi connectivity index (χ2n) is 8.68. The highest BCUT2D eigenvalue weighted by Gasteiger charge is 2.37. The van der Waals surface area contributed by atoms with Crippen LogP contribution in [0.1, 0.15) is 32.3 Å². The van der Waals surface area contributed by atoms with Crippen LogP contribution in [0.5, 0.6) is 0 Å². The molecule has 0 radical (unpaired) electrons. The number of rotatable bonds is 3. The van der Waals surface area contributed by atoms with Crippen molar-refractivity contribution in [3.8, 4) is 0 Å². The highest BCUT2D eigenvalue weighted by atomic mass is 19.3. The van der Waals surface area contributed by atoms with Crippen molar-refractivity contribution in [2.75, 3.05) is 49.1 Å². The van der Waals surface area contributed by atoms with Crippen LogP contribution < -0.4 is 15.1 Å². The number of pyridine rings is 1. The van der Waals surface area contributed by atoms with Gasteiger partial charge in [0.2, 0.25) is 0 Å². The average molecular weight is 427 g/mol. The first-order chi connectivity index (χ1) is 14.9. The van der Waals surface area contributed by atoms with Crippen molar-refractivity contribution in [2.24, 2.45) is 0 Å². The van der Waals surface area contributed by atoms with Gasteiger partial charge in [0.25, 0.3) is 5.92 Å². The molecule has 31 heavy (non-hydrogen) atoms. The molecule has 3 heterocycles. The van der Waals surface area contributed by atoms with Gasteiger partial charge < -0.3 is 15.1 Å². The second kappa shape index (κ2) is 8.95. The van der Waals surface area contributed by atoms with E-state index in [0.717, 1.165) is 55.0 Å². The molecule has 2 aromatic rings. The molecule has 2 aliphatic rings. The summed E-state index contributed by atoms with van der Waals surface area (Å²) in [6.45, 7) is 10.3. The molecule has 0 atom stereocenters. The predicted octanol–water partition coefficient (Wildman–Crippen LogP) is 5.08. The minimum atomic E-state index is -2.82. The van der Waals surface area contributed by atoms with Crippen LogP contribution in [-0.2, 0) is 0 Å². The number of benzene rings is 1. The Hall–Kier alpha value is -2.47. The lowest BCUT2D eigenvalue weighted by molar-refractivity contribution is 0.0393. The highest BCUT2D eigenvalue weighted by molar-refractivity contribution is 5.94. The molecule has 2 aliphatic heterocycles. The predicted molar refractivity (Wildman–Crippen MR) is 125 cm³/mol. The van der Waals surface area contributed by atoms with Gasteiger partial charge in [-0.25, -0.2) is 13.8 Å². The third-order valence-electron chi connectivity index (χ3n) is 6.24. The Kier molecular flexibility index (Phi) is 6.28. The Morgan fingerprint density at radius 2 is 1.90 bits per heavy atom. The van der Waals surface area contributed by atoms with Crippen molar-refractivity contribution in [1.29, 1.82) is 0 Å². The number of allylic oxidation sites excluding steroid dienone is 3. The van der Waals surface area contributed by atoms with Crippen LogP contribution in [-0.4, -0.2) is 50.2 Å². The average Bonchev–Trinajstić information content (AvgIpc) is 3.08. The van der Waals surface area contributed by atoms with E-state index in [0.29, 0.717) is 12.1 Å². The molecular formula is C25H32F2N4. The maximum atomic E-state index is 14.8. The summed E-state index contributed by atoms with van der Waals surface area (Å²) in [4.78, 5) is 9.33. The smallest absolute Gasteiger partial charge is 0.274 e. The summed E-state index contributed by atoms with van der Waals surface area (Å²) in [6, 6.07) is 8.41. The summed E-state index contributed by atoms with van der Waals surface area (Å²) in [7, 11) is 0. The van der Waals surface area contributed by atoms with Gasteiger partial charge in [-0.05, 0) is 51.4 Å². The zero-order chi connectivity index (χ0) is 22.0. The molecule has 1 saturated heterocycles. The van der Waals surface area contributed by atoms with E-state index in [4.69, 9.17) is 4.98 Å². The van der Waals surface area contributed by atoms with Crippen molar-refractivity contribution in [2.45, 2.75) is 39.5 Å². The Labute approximate surface area is 183 Å². The molecule has 1 aromatic heterocycles. The van der Waals surface area contributed by atoms with Crippen molar-refractivity contribution in [3.05, 3.63) is 53.1 Å². The molecule has 0 amide bonds. The van der Waals surface area contributed by atoms with Crippen LogP contribution in [0.2, 0.25) is 0 Å². The maximum Gasteiger partial charge on any atom is 0.274 e. The first kappa shape index (κ1) is 21.8. The van der Waals surface area contributed by atoms with Gasteiger partial charge in [0.1, 0.15) is 5.82 Å². The number of anilines is 2. The first-order valence-electron chi connectivity index (χ1n) is 11.2. The second-order valence-corrected chi connectivity index (χ2v) is 8.68. The minimum absolute atomic E-state index is 0.146. The number of aryl methyl sites for hydroxylation is 1. The standard InChI is InChI=1S/C25H32F2N4/c1-4-6-21-19(3)17-31(13-9-25(21,26)27)24-16-23(30-12-5-10-28-11-14-30)20-15-18(2)7-8-22(20)29-24/h4,6-8,15-16,28H,5,9-14,17H2,1-3H3/b6-4-. The van der Waals surface area contributed by atoms with Gasteiger partial charge in [-0.1, -0.05) is 23.8 Å². The SMILES string of the molecule is C/C=C\C1=C(C)CN(c2cc(N3CCCNCC3)c3cc(C)ccc3n2)CCC1(F)F.